The maximum absolute atomic E-state index is 12.3. The van der Waals surface area contributed by atoms with Crippen LogP contribution in [0.4, 0.5) is 0 Å². The number of benzene rings is 1. The van der Waals surface area contributed by atoms with E-state index in [1.54, 1.807) is 0 Å². The van der Waals surface area contributed by atoms with Gasteiger partial charge in [0, 0.05) is 13.0 Å². The summed E-state index contributed by atoms with van der Waals surface area (Å²) in [5.41, 5.74) is 0.832. The summed E-state index contributed by atoms with van der Waals surface area (Å²) in [6.45, 7) is 6.34. The van der Waals surface area contributed by atoms with Crippen LogP contribution in [-0.2, 0) is 20.9 Å². The fourth-order valence-electron chi connectivity index (χ4n) is 4.25. The SMILES string of the molecule is CC1(C2CCN(CCCC(=O)O)CC2)CN(Cc2ccccc2)C(=O)CO1. The summed E-state index contributed by atoms with van der Waals surface area (Å²) < 4.78 is 6.05. The highest BCUT2D eigenvalue weighted by atomic mass is 16.5. The second-order valence-corrected chi connectivity index (χ2v) is 7.95. The molecule has 148 valence electrons. The number of carboxylic acid groups (broad SMARTS) is 1. The lowest BCUT2D eigenvalue weighted by molar-refractivity contribution is -0.174. The van der Waals surface area contributed by atoms with Crippen LogP contribution in [0.3, 0.4) is 0 Å². The van der Waals surface area contributed by atoms with Gasteiger partial charge in [0.15, 0.2) is 0 Å². The van der Waals surface area contributed by atoms with Gasteiger partial charge in [0.1, 0.15) is 6.61 Å². The third-order valence-electron chi connectivity index (χ3n) is 5.92. The largest absolute Gasteiger partial charge is 0.481 e. The molecule has 0 bridgehead atoms. The molecule has 2 fully saturated rings. The molecule has 2 aliphatic rings. The topological polar surface area (TPSA) is 70.1 Å². The minimum atomic E-state index is -0.726. The lowest BCUT2D eigenvalue weighted by atomic mass is 9.80. The van der Waals surface area contributed by atoms with Crippen LogP contribution in [0, 0.1) is 5.92 Å². The van der Waals surface area contributed by atoms with Crippen LogP contribution < -0.4 is 0 Å². The molecule has 0 radical (unpaired) electrons. The average molecular weight is 374 g/mol. The maximum atomic E-state index is 12.3. The van der Waals surface area contributed by atoms with Crippen molar-refractivity contribution >= 4 is 11.9 Å². The van der Waals surface area contributed by atoms with Crippen molar-refractivity contribution in [2.75, 3.05) is 32.8 Å². The van der Waals surface area contributed by atoms with Gasteiger partial charge in [0.2, 0.25) is 5.91 Å². The number of piperidine rings is 1. The molecule has 6 nitrogen and oxygen atoms in total. The van der Waals surface area contributed by atoms with Gasteiger partial charge in [-0.3, -0.25) is 9.59 Å². The van der Waals surface area contributed by atoms with E-state index in [0.29, 0.717) is 25.4 Å². The van der Waals surface area contributed by atoms with E-state index < -0.39 is 5.97 Å². The summed E-state index contributed by atoms with van der Waals surface area (Å²) in [5, 5.41) is 8.77. The highest BCUT2D eigenvalue weighted by molar-refractivity contribution is 5.78. The number of rotatable bonds is 7. The number of carbonyl (C=O) groups is 2. The summed E-state index contributed by atoms with van der Waals surface area (Å²) in [5.74, 6) is -0.252. The Labute approximate surface area is 161 Å². The Morgan fingerprint density at radius 2 is 1.96 bits per heavy atom. The molecule has 1 aromatic carbocycles. The maximum Gasteiger partial charge on any atom is 0.303 e. The van der Waals surface area contributed by atoms with Crippen molar-refractivity contribution in [1.29, 1.82) is 0 Å². The number of hydrogen-bond acceptors (Lipinski definition) is 4. The zero-order chi connectivity index (χ0) is 19.3. The molecule has 1 atom stereocenters. The van der Waals surface area contributed by atoms with Crippen LogP contribution in [0.15, 0.2) is 30.3 Å². The standard InChI is InChI=1S/C21H30N2O4/c1-21(18-9-12-22(13-10-18)11-5-8-20(25)26)16-23(19(24)15-27-21)14-17-6-3-2-4-7-17/h2-4,6-7,18H,5,8-16H2,1H3,(H,25,26). The molecule has 0 saturated carbocycles. The summed E-state index contributed by atoms with van der Waals surface area (Å²) in [7, 11) is 0. The quantitative estimate of drug-likeness (QED) is 0.794. The van der Waals surface area contributed by atoms with Gasteiger partial charge in [-0.2, -0.15) is 0 Å². The molecule has 1 aromatic rings. The van der Waals surface area contributed by atoms with E-state index in [1.807, 2.05) is 23.1 Å². The molecule has 2 aliphatic heterocycles. The molecule has 0 aliphatic carbocycles. The van der Waals surface area contributed by atoms with E-state index in [-0.39, 0.29) is 24.5 Å². The second-order valence-electron chi connectivity index (χ2n) is 7.95. The van der Waals surface area contributed by atoms with Crippen molar-refractivity contribution in [3.05, 3.63) is 35.9 Å². The Hall–Kier alpha value is -1.92. The molecule has 1 unspecified atom stereocenters. The number of carboxylic acids is 1. The van der Waals surface area contributed by atoms with Crippen LogP contribution in [0.25, 0.3) is 0 Å². The fourth-order valence-corrected chi connectivity index (χ4v) is 4.25. The van der Waals surface area contributed by atoms with E-state index in [9.17, 15) is 9.59 Å². The van der Waals surface area contributed by atoms with Gasteiger partial charge < -0.3 is 19.6 Å². The minimum Gasteiger partial charge on any atom is -0.481 e. The Balaban J connectivity index is 1.53. The van der Waals surface area contributed by atoms with Gasteiger partial charge in [0.25, 0.3) is 0 Å². The van der Waals surface area contributed by atoms with Crippen molar-refractivity contribution in [2.45, 2.75) is 44.8 Å². The van der Waals surface area contributed by atoms with Gasteiger partial charge in [-0.15, -0.1) is 0 Å². The van der Waals surface area contributed by atoms with Crippen molar-refractivity contribution in [2.24, 2.45) is 5.92 Å². The Morgan fingerprint density at radius 3 is 2.63 bits per heavy atom. The predicted molar refractivity (Wildman–Crippen MR) is 102 cm³/mol. The number of amides is 1. The fraction of sp³-hybridized carbons (Fsp3) is 0.619. The van der Waals surface area contributed by atoms with Gasteiger partial charge in [-0.25, -0.2) is 0 Å². The molecule has 27 heavy (non-hydrogen) atoms. The van der Waals surface area contributed by atoms with Gasteiger partial charge in [-0.1, -0.05) is 30.3 Å². The first-order valence-electron chi connectivity index (χ1n) is 9.86. The van der Waals surface area contributed by atoms with E-state index in [4.69, 9.17) is 9.84 Å². The first-order chi connectivity index (χ1) is 13.0. The van der Waals surface area contributed by atoms with Crippen LogP contribution in [-0.4, -0.2) is 65.2 Å². The van der Waals surface area contributed by atoms with E-state index >= 15 is 0 Å². The summed E-state index contributed by atoms with van der Waals surface area (Å²) in [6.07, 6.45) is 2.98. The Kier molecular flexibility index (Phi) is 6.50. The number of nitrogens with zero attached hydrogens (tertiary/aromatic N) is 2. The van der Waals surface area contributed by atoms with Crippen LogP contribution in [0.2, 0.25) is 0 Å². The molecule has 0 spiro atoms. The van der Waals surface area contributed by atoms with Crippen LogP contribution in [0.5, 0.6) is 0 Å². The number of carbonyl (C=O) groups excluding carboxylic acids is 1. The summed E-state index contributed by atoms with van der Waals surface area (Å²) in [4.78, 5) is 27.3. The number of morpholine rings is 1. The zero-order valence-corrected chi connectivity index (χ0v) is 16.1. The zero-order valence-electron chi connectivity index (χ0n) is 16.1. The number of aliphatic carboxylic acids is 1. The van der Waals surface area contributed by atoms with Crippen LogP contribution >= 0.6 is 0 Å². The first-order valence-corrected chi connectivity index (χ1v) is 9.86. The number of likely N-dealkylation sites (tertiary alicyclic amines) is 1. The van der Waals surface area contributed by atoms with Crippen molar-refractivity contribution < 1.29 is 19.4 Å². The highest BCUT2D eigenvalue weighted by Gasteiger charge is 2.43. The summed E-state index contributed by atoms with van der Waals surface area (Å²) in [6, 6.07) is 10.1. The summed E-state index contributed by atoms with van der Waals surface area (Å²) >= 11 is 0. The van der Waals surface area contributed by atoms with E-state index in [2.05, 4.69) is 24.0 Å². The normalized spacial score (nSPS) is 24.9. The van der Waals surface area contributed by atoms with Gasteiger partial charge in [-0.05, 0) is 57.3 Å². The highest BCUT2D eigenvalue weighted by Crippen LogP contribution is 2.34. The van der Waals surface area contributed by atoms with Crippen molar-refractivity contribution in [3.63, 3.8) is 0 Å². The predicted octanol–water partition coefficient (Wildman–Crippen LogP) is 2.38. The monoisotopic (exact) mass is 374 g/mol. The number of hydrogen-bond donors (Lipinski definition) is 1. The molecule has 1 N–H and O–H groups in total. The minimum absolute atomic E-state index is 0.0578. The third kappa shape index (κ3) is 5.30. The molecular weight excluding hydrogens is 344 g/mol. The lowest BCUT2D eigenvalue weighted by Crippen LogP contribution is -2.57. The first kappa shape index (κ1) is 19.8. The van der Waals surface area contributed by atoms with Gasteiger partial charge >= 0.3 is 5.97 Å². The van der Waals surface area contributed by atoms with Gasteiger partial charge in [0.05, 0.1) is 12.1 Å². The van der Waals surface area contributed by atoms with Crippen molar-refractivity contribution in [1.82, 2.24) is 9.80 Å². The van der Waals surface area contributed by atoms with Crippen molar-refractivity contribution in [3.8, 4) is 0 Å². The number of ether oxygens (including phenoxy) is 1. The molecule has 2 saturated heterocycles. The Morgan fingerprint density at radius 1 is 1.26 bits per heavy atom. The molecule has 2 heterocycles. The third-order valence-corrected chi connectivity index (χ3v) is 5.92. The second kappa shape index (κ2) is 8.85. The molecule has 0 aromatic heterocycles. The van der Waals surface area contributed by atoms with E-state index in [0.717, 1.165) is 38.0 Å². The molecule has 6 heteroatoms. The van der Waals surface area contributed by atoms with Crippen LogP contribution in [0.1, 0.15) is 38.2 Å². The molecule has 3 rings (SSSR count). The smallest absolute Gasteiger partial charge is 0.303 e. The molecule has 1 amide bonds. The Bertz CT molecular complexity index is 643. The average Bonchev–Trinajstić information content (AvgIpc) is 2.66. The molecular formula is C21H30N2O4. The van der Waals surface area contributed by atoms with E-state index in [1.165, 1.54) is 0 Å². The lowest BCUT2D eigenvalue weighted by Gasteiger charge is -2.47.